The van der Waals surface area contributed by atoms with Crippen LogP contribution in [0.15, 0.2) is 78.9 Å². The van der Waals surface area contributed by atoms with Gasteiger partial charge in [0.2, 0.25) is 5.91 Å². The number of carbonyl (C=O) groups is 2. The van der Waals surface area contributed by atoms with Crippen molar-refractivity contribution >= 4 is 11.8 Å². The van der Waals surface area contributed by atoms with Crippen LogP contribution in [0.3, 0.4) is 0 Å². The van der Waals surface area contributed by atoms with Crippen LogP contribution in [0.25, 0.3) is 0 Å². The zero-order valence-electron chi connectivity index (χ0n) is 22.0. The van der Waals surface area contributed by atoms with Gasteiger partial charge in [-0.1, -0.05) is 92.1 Å². The van der Waals surface area contributed by atoms with Crippen molar-refractivity contribution in [3.05, 3.63) is 101 Å². The Morgan fingerprint density at radius 3 is 2.19 bits per heavy atom. The maximum atomic E-state index is 13.7. The van der Waals surface area contributed by atoms with Crippen LogP contribution in [-0.2, 0) is 29.0 Å². The Kier molecular flexibility index (Phi) is 9.36. The number of amides is 2. The highest BCUT2D eigenvalue weighted by Gasteiger charge is 2.32. The molecule has 0 radical (unpaired) electrons. The van der Waals surface area contributed by atoms with Crippen molar-refractivity contribution in [2.24, 2.45) is 0 Å². The van der Waals surface area contributed by atoms with Crippen molar-refractivity contribution in [3.8, 4) is 5.75 Å². The second kappa shape index (κ2) is 13.1. The molecule has 194 valence electrons. The molecule has 3 aromatic rings. The molecule has 2 amide bonds. The summed E-state index contributed by atoms with van der Waals surface area (Å²) in [6.45, 7) is 4.36. The summed E-state index contributed by atoms with van der Waals surface area (Å²) >= 11 is 0. The molecule has 0 spiro atoms. The lowest BCUT2D eigenvalue weighted by atomic mass is 10.0. The fourth-order valence-electron chi connectivity index (χ4n) is 4.86. The van der Waals surface area contributed by atoms with E-state index in [9.17, 15) is 9.59 Å². The van der Waals surface area contributed by atoms with Gasteiger partial charge in [-0.2, -0.15) is 0 Å². The van der Waals surface area contributed by atoms with Crippen LogP contribution >= 0.6 is 0 Å². The van der Waals surface area contributed by atoms with E-state index in [4.69, 9.17) is 4.74 Å². The third kappa shape index (κ3) is 7.69. The maximum absolute atomic E-state index is 13.7. The summed E-state index contributed by atoms with van der Waals surface area (Å²) in [6.07, 6.45) is 5.64. The molecule has 4 rings (SSSR count). The summed E-state index contributed by atoms with van der Waals surface area (Å²) in [6, 6.07) is 25.4. The highest BCUT2D eigenvalue weighted by atomic mass is 16.5. The molecule has 1 fully saturated rings. The zero-order chi connectivity index (χ0) is 26.0. The quantitative estimate of drug-likeness (QED) is 0.372. The van der Waals surface area contributed by atoms with E-state index in [0.29, 0.717) is 18.7 Å². The molecule has 0 saturated heterocycles. The number of aryl methyl sites for hydroxylation is 2. The molecule has 0 bridgehead atoms. The highest BCUT2D eigenvalue weighted by molar-refractivity contribution is 5.88. The number of rotatable bonds is 11. The minimum absolute atomic E-state index is 0.0940. The highest BCUT2D eigenvalue weighted by Crippen LogP contribution is 2.21. The molecule has 3 aromatic carbocycles. The largest absolute Gasteiger partial charge is 0.484 e. The van der Waals surface area contributed by atoms with Gasteiger partial charge in [-0.05, 0) is 55.0 Å². The van der Waals surface area contributed by atoms with Crippen LogP contribution in [0.1, 0.15) is 54.9 Å². The molecular formula is C32H38N2O3. The molecule has 1 N–H and O–H groups in total. The van der Waals surface area contributed by atoms with E-state index in [1.165, 1.54) is 5.56 Å². The Morgan fingerprint density at radius 2 is 1.54 bits per heavy atom. The van der Waals surface area contributed by atoms with Gasteiger partial charge in [0, 0.05) is 19.0 Å². The van der Waals surface area contributed by atoms with E-state index < -0.39 is 6.04 Å². The molecule has 1 aliphatic carbocycles. The normalized spacial score (nSPS) is 14.2. The summed E-state index contributed by atoms with van der Waals surface area (Å²) in [5, 5.41) is 3.24. The molecule has 0 aromatic heterocycles. The van der Waals surface area contributed by atoms with Crippen molar-refractivity contribution in [3.63, 3.8) is 0 Å². The smallest absolute Gasteiger partial charge is 0.261 e. The lowest BCUT2D eigenvalue weighted by Gasteiger charge is -2.32. The summed E-state index contributed by atoms with van der Waals surface area (Å²) < 4.78 is 5.90. The van der Waals surface area contributed by atoms with Crippen LogP contribution in [0.2, 0.25) is 0 Å². The van der Waals surface area contributed by atoms with Crippen molar-refractivity contribution in [1.29, 1.82) is 0 Å². The third-order valence-electron chi connectivity index (χ3n) is 7.14. The molecule has 1 aliphatic rings. The van der Waals surface area contributed by atoms with E-state index >= 15 is 0 Å². The summed E-state index contributed by atoms with van der Waals surface area (Å²) in [7, 11) is 0. The van der Waals surface area contributed by atoms with Crippen molar-refractivity contribution < 1.29 is 14.3 Å². The summed E-state index contributed by atoms with van der Waals surface area (Å²) in [5.74, 6) is 0.349. The van der Waals surface area contributed by atoms with Crippen LogP contribution in [0.5, 0.6) is 5.75 Å². The lowest BCUT2D eigenvalue weighted by Crippen LogP contribution is -2.53. The Morgan fingerprint density at radius 1 is 0.892 bits per heavy atom. The molecule has 0 heterocycles. The first-order valence-corrected chi connectivity index (χ1v) is 13.4. The van der Waals surface area contributed by atoms with Gasteiger partial charge in [0.15, 0.2) is 6.61 Å². The first kappa shape index (κ1) is 26.5. The fourth-order valence-corrected chi connectivity index (χ4v) is 4.86. The van der Waals surface area contributed by atoms with Gasteiger partial charge in [0.1, 0.15) is 11.8 Å². The minimum Gasteiger partial charge on any atom is -0.484 e. The predicted octanol–water partition coefficient (Wildman–Crippen LogP) is 5.64. The molecular weight excluding hydrogens is 460 g/mol. The van der Waals surface area contributed by atoms with Gasteiger partial charge in [-0.3, -0.25) is 9.59 Å². The van der Waals surface area contributed by atoms with Gasteiger partial charge < -0.3 is 15.0 Å². The first-order chi connectivity index (χ1) is 18.0. The van der Waals surface area contributed by atoms with E-state index in [2.05, 4.69) is 12.2 Å². The van der Waals surface area contributed by atoms with Crippen LogP contribution in [-0.4, -0.2) is 35.4 Å². The predicted molar refractivity (Wildman–Crippen MR) is 147 cm³/mol. The molecule has 0 aliphatic heterocycles. The zero-order valence-corrected chi connectivity index (χ0v) is 22.0. The van der Waals surface area contributed by atoms with Crippen molar-refractivity contribution in [1.82, 2.24) is 10.2 Å². The van der Waals surface area contributed by atoms with Crippen molar-refractivity contribution in [2.75, 3.05) is 6.61 Å². The molecule has 1 unspecified atom stereocenters. The number of carbonyl (C=O) groups excluding carboxylic acids is 2. The van der Waals surface area contributed by atoms with Crippen LogP contribution < -0.4 is 10.1 Å². The lowest BCUT2D eigenvalue weighted by molar-refractivity contribution is -0.143. The average Bonchev–Trinajstić information content (AvgIpc) is 3.44. The SMILES string of the molecule is CCc1ccc(OCC(=O)N(Cc2ccc(C)cc2)C(Cc2ccccc2)C(=O)NC2CCCC2)cc1. The van der Waals surface area contributed by atoms with Gasteiger partial charge in [-0.25, -0.2) is 0 Å². The first-order valence-electron chi connectivity index (χ1n) is 13.4. The number of hydrogen-bond donors (Lipinski definition) is 1. The van der Waals surface area contributed by atoms with Crippen molar-refractivity contribution in [2.45, 2.75) is 71.0 Å². The molecule has 5 heteroatoms. The topological polar surface area (TPSA) is 58.6 Å². The van der Waals surface area contributed by atoms with E-state index in [-0.39, 0.29) is 24.5 Å². The number of nitrogens with one attached hydrogen (secondary N) is 1. The fraction of sp³-hybridized carbons (Fsp3) is 0.375. The number of nitrogens with zero attached hydrogens (tertiary/aromatic N) is 1. The van der Waals surface area contributed by atoms with Gasteiger partial charge in [0.05, 0.1) is 0 Å². The number of hydrogen-bond acceptors (Lipinski definition) is 3. The number of benzene rings is 3. The van der Waals surface area contributed by atoms with Crippen LogP contribution in [0, 0.1) is 6.92 Å². The Hall–Kier alpha value is -3.60. The van der Waals surface area contributed by atoms with E-state index in [1.807, 2.05) is 85.8 Å². The maximum Gasteiger partial charge on any atom is 0.261 e. The summed E-state index contributed by atoms with van der Waals surface area (Å²) in [5.41, 5.74) is 4.37. The van der Waals surface area contributed by atoms with Gasteiger partial charge in [-0.15, -0.1) is 0 Å². The van der Waals surface area contributed by atoms with Gasteiger partial charge >= 0.3 is 0 Å². The minimum atomic E-state index is -0.636. The molecule has 5 nitrogen and oxygen atoms in total. The van der Waals surface area contributed by atoms with E-state index in [0.717, 1.165) is 48.8 Å². The average molecular weight is 499 g/mol. The molecule has 1 saturated carbocycles. The van der Waals surface area contributed by atoms with E-state index in [1.54, 1.807) is 4.90 Å². The summed E-state index contributed by atoms with van der Waals surface area (Å²) in [4.78, 5) is 29.1. The second-order valence-electron chi connectivity index (χ2n) is 9.99. The Balaban J connectivity index is 1.58. The standard InChI is InChI=1S/C32H38N2O3/c1-3-25-17-19-29(20-18-25)37-23-31(35)34(22-27-15-13-24(2)14-16-27)30(21-26-9-5-4-6-10-26)32(36)33-28-11-7-8-12-28/h4-6,9-10,13-20,28,30H,3,7-8,11-12,21-23H2,1-2H3,(H,33,36). The Labute approximate surface area is 220 Å². The molecule has 1 atom stereocenters. The Bertz CT molecular complexity index is 1140. The van der Waals surface area contributed by atoms with Gasteiger partial charge in [0.25, 0.3) is 5.91 Å². The number of ether oxygens (including phenoxy) is 1. The monoisotopic (exact) mass is 498 g/mol. The second-order valence-corrected chi connectivity index (χ2v) is 9.99. The third-order valence-corrected chi connectivity index (χ3v) is 7.14. The van der Waals surface area contributed by atoms with Crippen LogP contribution in [0.4, 0.5) is 0 Å². The molecule has 37 heavy (non-hydrogen) atoms.